The van der Waals surface area contributed by atoms with E-state index in [9.17, 15) is 24.0 Å². The molecule has 1 aliphatic heterocycles. The number of nitrogens with two attached hydrogens (primary N) is 1. The van der Waals surface area contributed by atoms with Gasteiger partial charge in [0.1, 0.15) is 12.1 Å². The highest BCUT2D eigenvalue weighted by atomic mass is 16.4. The fourth-order valence-electron chi connectivity index (χ4n) is 5.36. The smallest absolute Gasteiger partial charge is 0.303 e. The number of nitrogens with one attached hydrogen (secondary N) is 4. The molecular weight excluding hydrogens is 552 g/mol. The molecule has 1 aromatic carbocycles. The molecule has 7 N–H and O–H groups in total. The summed E-state index contributed by atoms with van der Waals surface area (Å²) in [4.78, 5) is 64.8. The predicted molar refractivity (Wildman–Crippen MR) is 165 cm³/mol. The number of rotatable bonds is 17. The molecule has 0 saturated carbocycles. The first-order valence-electron chi connectivity index (χ1n) is 15.4. The maximum atomic E-state index is 13.3. The summed E-state index contributed by atoms with van der Waals surface area (Å²) in [5.41, 5.74) is 7.38. The largest absolute Gasteiger partial charge is 0.481 e. The first kappa shape index (κ1) is 35.5. The quantitative estimate of drug-likeness (QED) is 0.146. The van der Waals surface area contributed by atoms with E-state index in [4.69, 9.17) is 10.8 Å². The number of carbonyl (C=O) groups excluding carboxylic acids is 4. The van der Waals surface area contributed by atoms with Crippen molar-refractivity contribution in [1.82, 2.24) is 26.2 Å². The molecular formula is C31H50N6O6. The van der Waals surface area contributed by atoms with Gasteiger partial charge in [-0.25, -0.2) is 0 Å². The van der Waals surface area contributed by atoms with Crippen LogP contribution in [0.2, 0.25) is 0 Å². The number of benzene rings is 1. The van der Waals surface area contributed by atoms with E-state index in [2.05, 4.69) is 26.2 Å². The third-order valence-corrected chi connectivity index (χ3v) is 8.08. The molecule has 6 atom stereocenters. The van der Waals surface area contributed by atoms with Crippen LogP contribution in [0.25, 0.3) is 0 Å². The van der Waals surface area contributed by atoms with E-state index < -0.39 is 35.9 Å². The van der Waals surface area contributed by atoms with E-state index in [1.54, 1.807) is 6.07 Å². The SMILES string of the molecule is CCC[C@H](NC(=O)[C@@H](NC(=O)CCCC(=O)O)[C@@H](C)CC)C(=O)N[C@H]1CC(C)N([C@@H](C)C(=O)NCc2cccc(N)c2)C1. The van der Waals surface area contributed by atoms with Gasteiger partial charge in [-0.15, -0.1) is 0 Å². The summed E-state index contributed by atoms with van der Waals surface area (Å²) >= 11 is 0. The summed E-state index contributed by atoms with van der Waals surface area (Å²) in [5, 5.41) is 20.4. The highest BCUT2D eigenvalue weighted by Gasteiger charge is 2.37. The van der Waals surface area contributed by atoms with Crippen LogP contribution in [-0.2, 0) is 30.5 Å². The monoisotopic (exact) mass is 602 g/mol. The molecule has 12 heteroatoms. The van der Waals surface area contributed by atoms with Gasteiger partial charge >= 0.3 is 5.97 Å². The summed E-state index contributed by atoms with van der Waals surface area (Å²) in [7, 11) is 0. The summed E-state index contributed by atoms with van der Waals surface area (Å²) in [6, 6.07) is 5.20. The standard InChI is InChI=1S/C31H50N6O6/c1-6-10-25(35-31(43)28(19(3)7-2)36-26(38)13-9-14-27(39)40)30(42)34-24-15-20(4)37(18-24)21(5)29(41)33-17-22-11-8-12-23(32)16-22/h8,11-12,16,19-21,24-25,28H,6-7,9-10,13-15,17-18,32H2,1-5H3,(H,33,41)(H,34,42)(H,35,43)(H,36,38)(H,39,40)/t19-,20?,21-,24-,25-,28-/m0/s1. The van der Waals surface area contributed by atoms with Crippen molar-refractivity contribution < 1.29 is 29.1 Å². The molecule has 0 spiro atoms. The van der Waals surface area contributed by atoms with Gasteiger partial charge in [0.25, 0.3) is 0 Å². The van der Waals surface area contributed by atoms with Gasteiger partial charge in [-0.3, -0.25) is 28.9 Å². The van der Waals surface area contributed by atoms with Gasteiger partial charge in [0.15, 0.2) is 0 Å². The van der Waals surface area contributed by atoms with Crippen molar-refractivity contribution >= 4 is 35.3 Å². The molecule has 1 unspecified atom stereocenters. The summed E-state index contributed by atoms with van der Waals surface area (Å²) < 4.78 is 0. The molecule has 1 saturated heterocycles. The van der Waals surface area contributed by atoms with Gasteiger partial charge < -0.3 is 32.1 Å². The van der Waals surface area contributed by atoms with Gasteiger partial charge in [-0.1, -0.05) is 45.7 Å². The molecule has 240 valence electrons. The van der Waals surface area contributed by atoms with E-state index in [0.29, 0.717) is 44.5 Å². The van der Waals surface area contributed by atoms with Crippen LogP contribution >= 0.6 is 0 Å². The number of carbonyl (C=O) groups is 5. The van der Waals surface area contributed by atoms with E-state index >= 15 is 0 Å². The average Bonchev–Trinajstić information content (AvgIpc) is 3.32. The van der Waals surface area contributed by atoms with Crippen LogP contribution in [-0.4, -0.2) is 76.4 Å². The molecule has 4 amide bonds. The maximum Gasteiger partial charge on any atom is 0.303 e. The maximum absolute atomic E-state index is 13.3. The van der Waals surface area contributed by atoms with E-state index in [1.165, 1.54) is 0 Å². The lowest BCUT2D eigenvalue weighted by atomic mass is 9.97. The highest BCUT2D eigenvalue weighted by Crippen LogP contribution is 2.21. The van der Waals surface area contributed by atoms with Crippen molar-refractivity contribution in [2.45, 2.75) is 116 Å². The zero-order valence-corrected chi connectivity index (χ0v) is 26.2. The molecule has 12 nitrogen and oxygen atoms in total. The summed E-state index contributed by atoms with van der Waals surface area (Å²) in [6.45, 7) is 10.4. The molecule has 43 heavy (non-hydrogen) atoms. The molecule has 1 heterocycles. The second-order valence-corrected chi connectivity index (χ2v) is 11.7. The second-order valence-electron chi connectivity index (χ2n) is 11.7. The number of amides is 4. The van der Waals surface area contributed by atoms with Gasteiger partial charge in [0.2, 0.25) is 23.6 Å². The highest BCUT2D eigenvalue weighted by molar-refractivity contribution is 5.92. The fraction of sp³-hybridized carbons (Fsp3) is 0.645. The Morgan fingerprint density at radius 3 is 2.40 bits per heavy atom. The van der Waals surface area contributed by atoms with Gasteiger partial charge in [-0.2, -0.15) is 0 Å². The first-order valence-corrected chi connectivity index (χ1v) is 15.4. The lowest BCUT2D eigenvalue weighted by Crippen LogP contribution is -2.56. The molecule has 0 bridgehead atoms. The Hall–Kier alpha value is -3.67. The molecule has 0 aliphatic carbocycles. The molecule has 1 aliphatic rings. The van der Waals surface area contributed by atoms with Crippen LogP contribution in [0.1, 0.15) is 85.1 Å². The van der Waals surface area contributed by atoms with E-state index in [0.717, 1.165) is 5.56 Å². The predicted octanol–water partition coefficient (Wildman–Crippen LogP) is 1.92. The topological polar surface area (TPSA) is 183 Å². The van der Waals surface area contributed by atoms with E-state index in [1.807, 2.05) is 52.8 Å². The van der Waals surface area contributed by atoms with Crippen molar-refractivity contribution in [1.29, 1.82) is 0 Å². The number of anilines is 1. The number of nitrogens with zero attached hydrogens (tertiary/aromatic N) is 1. The number of carboxylic acids is 1. The Bertz CT molecular complexity index is 1110. The molecule has 2 rings (SSSR count). The average molecular weight is 603 g/mol. The zero-order chi connectivity index (χ0) is 32.1. The molecule has 0 radical (unpaired) electrons. The minimum atomic E-state index is -0.982. The number of carboxylic acid groups (broad SMARTS) is 1. The second kappa shape index (κ2) is 17.4. The Balaban J connectivity index is 1.96. The Morgan fingerprint density at radius 2 is 1.77 bits per heavy atom. The first-order chi connectivity index (χ1) is 20.4. The number of likely N-dealkylation sites (tertiary alicyclic amines) is 1. The number of hydrogen-bond donors (Lipinski definition) is 6. The van der Waals surface area contributed by atoms with Crippen LogP contribution in [0.5, 0.6) is 0 Å². The van der Waals surface area contributed by atoms with Crippen molar-refractivity contribution in [2.24, 2.45) is 5.92 Å². The van der Waals surface area contributed by atoms with E-state index in [-0.39, 0.29) is 49.1 Å². The van der Waals surface area contributed by atoms with Crippen molar-refractivity contribution in [3.63, 3.8) is 0 Å². The third-order valence-electron chi connectivity index (χ3n) is 8.08. The van der Waals surface area contributed by atoms with Crippen LogP contribution in [0.4, 0.5) is 5.69 Å². The van der Waals surface area contributed by atoms with Crippen molar-refractivity contribution in [3.8, 4) is 0 Å². The lowest BCUT2D eigenvalue weighted by Gasteiger charge is -2.28. The Kier molecular flexibility index (Phi) is 14.4. The van der Waals surface area contributed by atoms with Gasteiger partial charge in [-0.05, 0) is 56.7 Å². The van der Waals surface area contributed by atoms with Crippen LogP contribution in [0.15, 0.2) is 24.3 Å². The number of aliphatic carboxylic acids is 1. The molecule has 1 fully saturated rings. The fourth-order valence-corrected chi connectivity index (χ4v) is 5.36. The zero-order valence-electron chi connectivity index (χ0n) is 26.2. The van der Waals surface area contributed by atoms with Gasteiger partial charge in [0.05, 0.1) is 6.04 Å². The Labute approximate surface area is 254 Å². The van der Waals surface area contributed by atoms with Crippen LogP contribution in [0.3, 0.4) is 0 Å². The molecule has 0 aromatic heterocycles. The summed E-state index contributed by atoms with van der Waals surface area (Å²) in [5.74, 6) is -2.43. The molecule has 1 aromatic rings. The normalized spacial score (nSPS) is 19.5. The van der Waals surface area contributed by atoms with Crippen molar-refractivity contribution in [3.05, 3.63) is 29.8 Å². The summed E-state index contributed by atoms with van der Waals surface area (Å²) in [6.07, 6.45) is 2.41. The van der Waals surface area contributed by atoms with Gasteiger partial charge in [0, 0.05) is 43.7 Å². The third kappa shape index (κ3) is 11.5. The Morgan fingerprint density at radius 1 is 1.05 bits per heavy atom. The van der Waals surface area contributed by atoms with Crippen LogP contribution < -0.4 is 27.0 Å². The van der Waals surface area contributed by atoms with Crippen LogP contribution in [0, 0.1) is 5.92 Å². The number of nitrogen functional groups attached to an aromatic ring is 1. The minimum Gasteiger partial charge on any atom is -0.481 e. The minimum absolute atomic E-state index is 0.000908. The number of hydrogen-bond acceptors (Lipinski definition) is 7. The lowest BCUT2D eigenvalue weighted by molar-refractivity contribution is -0.137. The van der Waals surface area contributed by atoms with Crippen molar-refractivity contribution in [2.75, 3.05) is 12.3 Å².